The van der Waals surface area contributed by atoms with Crippen LogP contribution in [0.25, 0.3) is 5.82 Å². The number of amides is 1. The Morgan fingerprint density at radius 1 is 1.22 bits per heavy atom. The van der Waals surface area contributed by atoms with Crippen LogP contribution in [-0.4, -0.2) is 45.7 Å². The normalized spacial score (nSPS) is 27.6. The van der Waals surface area contributed by atoms with Crippen LogP contribution in [0.5, 0.6) is 0 Å². The van der Waals surface area contributed by atoms with Gasteiger partial charge in [0.05, 0.1) is 11.4 Å². The molecule has 2 aliphatic carbocycles. The maximum Gasteiger partial charge on any atom is 0.260 e. The molecule has 1 saturated heterocycles. The van der Waals surface area contributed by atoms with Crippen LogP contribution in [0.15, 0.2) is 36.7 Å². The molecule has 2 saturated carbocycles. The predicted molar refractivity (Wildman–Crippen MR) is 99.6 cm³/mol. The lowest BCUT2D eigenvalue weighted by atomic mass is 9.88. The highest BCUT2D eigenvalue weighted by atomic mass is 19.1. The summed E-state index contributed by atoms with van der Waals surface area (Å²) < 4.78 is 16.6. The number of anilines is 1. The molecule has 3 fully saturated rings. The molecule has 2 aromatic rings. The summed E-state index contributed by atoms with van der Waals surface area (Å²) in [6.45, 7) is 2.15. The van der Waals surface area contributed by atoms with Crippen molar-refractivity contribution in [2.24, 2.45) is 5.92 Å². The van der Waals surface area contributed by atoms with Crippen LogP contribution in [-0.2, 0) is 10.3 Å². The lowest BCUT2D eigenvalue weighted by Gasteiger charge is -2.47. The Morgan fingerprint density at radius 3 is 2.85 bits per heavy atom. The Hall–Kier alpha value is -2.37. The van der Waals surface area contributed by atoms with Crippen LogP contribution in [0.4, 0.5) is 10.1 Å². The lowest BCUT2D eigenvalue weighted by molar-refractivity contribution is -0.137. The molecular weight excluding hydrogens is 343 g/mol. The number of carbonyl (C=O) groups is 1. The number of nitrogens with zero attached hydrogens (tertiary/aromatic N) is 4. The number of fused-ring (bicyclic) bond motifs is 4. The molecule has 2 aromatic heterocycles. The van der Waals surface area contributed by atoms with Crippen molar-refractivity contribution in [1.82, 2.24) is 14.5 Å². The second kappa shape index (κ2) is 5.12. The molecule has 0 N–H and O–H groups in total. The number of hydrogen-bond donors (Lipinski definition) is 0. The highest BCUT2D eigenvalue weighted by molar-refractivity contribution is 5.88. The minimum atomic E-state index is -1.59. The molecule has 1 amide bonds. The Kier molecular flexibility index (Phi) is 2.97. The second-order valence-electron chi connectivity index (χ2n) is 8.64. The summed E-state index contributed by atoms with van der Waals surface area (Å²) in [7, 11) is 0. The summed E-state index contributed by atoms with van der Waals surface area (Å²) in [4.78, 5) is 21.6. The van der Waals surface area contributed by atoms with Gasteiger partial charge in [-0.2, -0.15) is 0 Å². The van der Waals surface area contributed by atoms with Gasteiger partial charge in [-0.15, -0.1) is 0 Å². The van der Waals surface area contributed by atoms with Crippen molar-refractivity contribution in [2.45, 2.75) is 43.3 Å². The summed E-state index contributed by atoms with van der Waals surface area (Å²) in [6.07, 6.45) is 8.01. The van der Waals surface area contributed by atoms with E-state index in [1.165, 1.54) is 18.5 Å². The van der Waals surface area contributed by atoms with E-state index in [0.717, 1.165) is 24.5 Å². The zero-order chi connectivity index (χ0) is 18.2. The third-order valence-electron chi connectivity index (χ3n) is 6.77. The quantitative estimate of drug-likeness (QED) is 0.838. The van der Waals surface area contributed by atoms with E-state index >= 15 is 0 Å². The van der Waals surface area contributed by atoms with Gasteiger partial charge in [0.15, 0.2) is 11.5 Å². The molecule has 27 heavy (non-hydrogen) atoms. The van der Waals surface area contributed by atoms with Crippen LogP contribution in [0.1, 0.15) is 37.8 Å². The predicted octanol–water partition coefficient (Wildman–Crippen LogP) is 3.03. The van der Waals surface area contributed by atoms with E-state index in [1.54, 1.807) is 4.90 Å². The van der Waals surface area contributed by atoms with Crippen molar-refractivity contribution >= 4 is 11.6 Å². The summed E-state index contributed by atoms with van der Waals surface area (Å²) in [5.74, 6) is 1.36. The summed E-state index contributed by atoms with van der Waals surface area (Å²) in [5, 5.41) is 0. The molecule has 0 aromatic carbocycles. The van der Waals surface area contributed by atoms with Crippen LogP contribution < -0.4 is 4.90 Å². The highest BCUT2D eigenvalue weighted by Gasteiger charge is 2.57. The second-order valence-corrected chi connectivity index (χ2v) is 8.64. The number of aromatic nitrogens is 2. The number of pyridine rings is 1. The fraction of sp³-hybridized carbons (Fsp3) is 0.524. The van der Waals surface area contributed by atoms with Gasteiger partial charge in [0, 0.05) is 32.0 Å². The average Bonchev–Trinajstić information content (AvgIpc) is 3.54. The minimum Gasteiger partial charge on any atom is -0.355 e. The van der Waals surface area contributed by atoms with Crippen molar-refractivity contribution in [2.75, 3.05) is 24.5 Å². The number of likely N-dealkylation sites (tertiary alicyclic amines) is 1. The van der Waals surface area contributed by atoms with Gasteiger partial charge in [0.25, 0.3) is 5.91 Å². The molecule has 0 bridgehead atoms. The lowest BCUT2D eigenvalue weighted by Crippen LogP contribution is -2.54. The van der Waals surface area contributed by atoms with Gasteiger partial charge in [-0.05, 0) is 62.3 Å². The number of hydrogen-bond acceptors (Lipinski definition) is 3. The molecule has 5 nitrogen and oxygen atoms in total. The van der Waals surface area contributed by atoms with Crippen LogP contribution >= 0.6 is 0 Å². The summed E-state index contributed by atoms with van der Waals surface area (Å²) >= 11 is 0. The standard InChI is InChI=1S/C21H23FN4O/c22-20(7-8-20)19(27)24-12-9-21(14-24)17-4-2-11-25(17)18-16(3-1-10-23-18)26(21)13-15-5-6-15/h1-4,10-11,15H,5-9,12-14H2/t21-/m1/s1. The zero-order valence-electron chi connectivity index (χ0n) is 15.3. The van der Waals surface area contributed by atoms with Gasteiger partial charge in [0.1, 0.15) is 5.54 Å². The van der Waals surface area contributed by atoms with E-state index < -0.39 is 5.67 Å². The maximum atomic E-state index is 14.5. The molecule has 2 aliphatic heterocycles. The average molecular weight is 366 g/mol. The zero-order valence-corrected chi connectivity index (χ0v) is 15.3. The smallest absolute Gasteiger partial charge is 0.260 e. The maximum absolute atomic E-state index is 14.5. The first-order valence-corrected chi connectivity index (χ1v) is 10.00. The number of halogens is 1. The van der Waals surface area contributed by atoms with Gasteiger partial charge >= 0.3 is 0 Å². The van der Waals surface area contributed by atoms with Crippen molar-refractivity contribution < 1.29 is 9.18 Å². The third kappa shape index (κ3) is 2.15. The molecular formula is C21H23FN4O. The molecule has 6 heteroatoms. The fourth-order valence-corrected chi connectivity index (χ4v) is 4.93. The molecule has 4 aliphatic rings. The first-order valence-electron chi connectivity index (χ1n) is 10.00. The molecule has 0 unspecified atom stereocenters. The molecule has 1 atom stereocenters. The third-order valence-corrected chi connectivity index (χ3v) is 6.77. The van der Waals surface area contributed by atoms with E-state index in [2.05, 4.69) is 38.8 Å². The van der Waals surface area contributed by atoms with Crippen LogP contribution in [0.2, 0.25) is 0 Å². The minimum absolute atomic E-state index is 0.289. The molecule has 0 radical (unpaired) electrons. The monoisotopic (exact) mass is 366 g/mol. The molecule has 1 spiro atoms. The van der Waals surface area contributed by atoms with Gasteiger partial charge in [-0.25, -0.2) is 9.37 Å². The van der Waals surface area contributed by atoms with E-state index in [-0.39, 0.29) is 11.4 Å². The van der Waals surface area contributed by atoms with Crippen molar-refractivity contribution in [3.05, 3.63) is 42.4 Å². The molecule has 4 heterocycles. The molecule has 6 rings (SSSR count). The first kappa shape index (κ1) is 15.7. The van der Waals surface area contributed by atoms with Gasteiger partial charge in [0.2, 0.25) is 0 Å². The van der Waals surface area contributed by atoms with Gasteiger partial charge < -0.3 is 14.4 Å². The van der Waals surface area contributed by atoms with E-state index in [1.807, 2.05) is 12.3 Å². The number of rotatable bonds is 3. The largest absolute Gasteiger partial charge is 0.355 e. The van der Waals surface area contributed by atoms with Crippen LogP contribution in [0.3, 0.4) is 0 Å². The number of carbonyl (C=O) groups excluding carboxylic acids is 1. The SMILES string of the molecule is O=C(N1CC[C@@]2(C1)c1cccn1-c1ncccc1N2CC1CC1)C1(F)CC1. The Morgan fingerprint density at radius 2 is 2.07 bits per heavy atom. The van der Waals surface area contributed by atoms with Crippen molar-refractivity contribution in [1.29, 1.82) is 0 Å². The number of alkyl halides is 1. The van der Waals surface area contributed by atoms with Crippen LogP contribution in [0, 0.1) is 5.92 Å². The van der Waals surface area contributed by atoms with E-state index in [0.29, 0.717) is 31.8 Å². The Bertz CT molecular complexity index is 932. The molecule has 140 valence electrons. The van der Waals surface area contributed by atoms with Crippen molar-refractivity contribution in [3.8, 4) is 5.82 Å². The van der Waals surface area contributed by atoms with Gasteiger partial charge in [-0.3, -0.25) is 4.79 Å². The van der Waals surface area contributed by atoms with Gasteiger partial charge in [-0.1, -0.05) is 0 Å². The fourth-order valence-electron chi connectivity index (χ4n) is 4.93. The Labute approximate surface area is 157 Å². The summed E-state index contributed by atoms with van der Waals surface area (Å²) in [6, 6.07) is 8.32. The van der Waals surface area contributed by atoms with E-state index in [4.69, 9.17) is 0 Å². The first-order chi connectivity index (χ1) is 13.1. The van der Waals surface area contributed by atoms with Crippen molar-refractivity contribution in [3.63, 3.8) is 0 Å². The van der Waals surface area contributed by atoms with E-state index in [9.17, 15) is 9.18 Å². The highest BCUT2D eigenvalue weighted by Crippen LogP contribution is 2.50. The Balaban J connectivity index is 1.46. The summed E-state index contributed by atoms with van der Waals surface area (Å²) in [5.41, 5.74) is 0.420. The topological polar surface area (TPSA) is 41.4 Å².